The zero-order valence-electron chi connectivity index (χ0n) is 16.2. The number of carbonyl (C=O) groups is 1. The monoisotopic (exact) mass is 384 g/mol. The number of hydrogen-bond acceptors (Lipinski definition) is 4. The first-order chi connectivity index (χ1) is 13.7. The molecule has 3 aliphatic heterocycles. The molecule has 6 nitrogen and oxygen atoms in total. The summed E-state index contributed by atoms with van der Waals surface area (Å²) in [5.74, 6) is 0.247. The Bertz CT molecular complexity index is 917. The number of piperidine rings is 1. The van der Waals surface area contributed by atoms with Crippen LogP contribution in [0.25, 0.3) is 11.3 Å². The number of rotatable bonds is 2. The molecule has 1 aliphatic carbocycles. The van der Waals surface area contributed by atoms with Gasteiger partial charge >= 0.3 is 6.03 Å². The van der Waals surface area contributed by atoms with Gasteiger partial charge in [-0.2, -0.15) is 9.78 Å². The lowest BCUT2D eigenvalue weighted by Gasteiger charge is -2.31. The number of carbonyl (C=O) groups excluding carboxylic acids is 1. The summed E-state index contributed by atoms with van der Waals surface area (Å²) in [5.41, 5.74) is 2.94. The van der Waals surface area contributed by atoms with E-state index >= 15 is 0 Å². The summed E-state index contributed by atoms with van der Waals surface area (Å²) in [6.45, 7) is 3.78. The second-order valence-corrected chi connectivity index (χ2v) is 7.93. The van der Waals surface area contributed by atoms with E-state index in [0.29, 0.717) is 17.0 Å². The molecule has 6 rings (SSSR count). The van der Waals surface area contributed by atoms with Crippen LogP contribution in [-0.2, 0) is 12.8 Å². The zero-order valence-corrected chi connectivity index (χ0v) is 16.2. The summed E-state index contributed by atoms with van der Waals surface area (Å²) >= 11 is 0. The van der Waals surface area contributed by atoms with Crippen molar-refractivity contribution in [3.8, 4) is 17.0 Å². The molecule has 1 amide bonds. The maximum Gasteiger partial charge on any atom is 0.345 e. The molecule has 0 N–H and O–H groups in total. The van der Waals surface area contributed by atoms with Crippen LogP contribution in [0.5, 0.6) is 5.75 Å². The summed E-state index contributed by atoms with van der Waals surface area (Å²) in [7, 11) is 1.56. The van der Waals surface area contributed by atoms with E-state index in [1.807, 2.05) is 4.90 Å². The molecule has 2 bridgehead atoms. The molecule has 1 aromatic heterocycles. The minimum atomic E-state index is -0.339. The van der Waals surface area contributed by atoms with Gasteiger partial charge in [0.25, 0.3) is 0 Å². The second-order valence-electron chi connectivity index (χ2n) is 7.93. The van der Waals surface area contributed by atoms with Crippen LogP contribution in [0.3, 0.4) is 0 Å². The number of benzene rings is 1. The lowest BCUT2D eigenvalue weighted by atomic mass is 10.1. The van der Waals surface area contributed by atoms with Crippen LogP contribution in [0, 0.1) is 5.82 Å². The highest BCUT2D eigenvalue weighted by Crippen LogP contribution is 2.35. The van der Waals surface area contributed by atoms with Crippen molar-refractivity contribution in [1.82, 2.24) is 19.6 Å². The molecule has 3 fully saturated rings. The number of ether oxygens (including phenoxy) is 1. The van der Waals surface area contributed by atoms with E-state index in [9.17, 15) is 9.18 Å². The van der Waals surface area contributed by atoms with Gasteiger partial charge in [0.15, 0.2) is 0 Å². The van der Waals surface area contributed by atoms with Crippen LogP contribution >= 0.6 is 0 Å². The molecular weight excluding hydrogens is 359 g/mol. The van der Waals surface area contributed by atoms with E-state index in [1.165, 1.54) is 6.07 Å². The molecule has 7 heteroatoms. The molecule has 3 saturated heterocycles. The van der Waals surface area contributed by atoms with E-state index in [1.54, 1.807) is 23.9 Å². The van der Waals surface area contributed by atoms with Crippen LogP contribution in [0.2, 0.25) is 0 Å². The third-order valence-electron chi connectivity index (χ3n) is 6.44. The Morgan fingerprint density at radius 2 is 2.00 bits per heavy atom. The largest absolute Gasteiger partial charge is 0.497 e. The molecule has 148 valence electrons. The molecule has 1 aromatic carbocycles. The number of methoxy groups -OCH3 is 1. The highest BCUT2D eigenvalue weighted by atomic mass is 19.1. The Labute approximate surface area is 163 Å². The summed E-state index contributed by atoms with van der Waals surface area (Å²) in [4.78, 5) is 17.9. The molecule has 0 spiro atoms. The third kappa shape index (κ3) is 2.80. The van der Waals surface area contributed by atoms with Crippen LogP contribution in [0.1, 0.15) is 30.5 Å². The number of halogens is 1. The molecule has 4 aliphatic rings. The standard InChI is InChI=1S/C21H25FN4O2/c1-28-15-5-6-18(22)17(13-15)20-16-3-2-4-19(16)26(23-20)21(27)25-12-11-24-9-7-14(25)8-10-24/h5-6,13-14H,2-4,7-12H2,1H3. The molecule has 28 heavy (non-hydrogen) atoms. The highest BCUT2D eigenvalue weighted by Gasteiger charge is 2.35. The Morgan fingerprint density at radius 3 is 2.79 bits per heavy atom. The van der Waals surface area contributed by atoms with Crippen molar-refractivity contribution in [2.75, 3.05) is 33.3 Å². The van der Waals surface area contributed by atoms with E-state index in [2.05, 4.69) is 10.00 Å². The quantitative estimate of drug-likeness (QED) is 0.799. The predicted molar refractivity (Wildman–Crippen MR) is 103 cm³/mol. The maximum atomic E-state index is 14.6. The molecule has 0 atom stereocenters. The normalized spacial score (nSPS) is 23.6. The Balaban J connectivity index is 1.55. The van der Waals surface area contributed by atoms with Gasteiger partial charge in [0.2, 0.25) is 0 Å². The van der Waals surface area contributed by atoms with Gasteiger partial charge in [0.1, 0.15) is 11.6 Å². The highest BCUT2D eigenvalue weighted by molar-refractivity contribution is 5.80. The van der Waals surface area contributed by atoms with Crippen molar-refractivity contribution in [3.63, 3.8) is 0 Å². The maximum absolute atomic E-state index is 14.6. The van der Waals surface area contributed by atoms with E-state index < -0.39 is 0 Å². The first-order valence-corrected chi connectivity index (χ1v) is 10.1. The lowest BCUT2D eigenvalue weighted by molar-refractivity contribution is 0.168. The number of aromatic nitrogens is 2. The van der Waals surface area contributed by atoms with Gasteiger partial charge in [-0.1, -0.05) is 0 Å². The first-order valence-electron chi connectivity index (χ1n) is 10.1. The second kappa shape index (κ2) is 6.88. The van der Waals surface area contributed by atoms with E-state index in [4.69, 9.17) is 4.74 Å². The van der Waals surface area contributed by atoms with Crippen molar-refractivity contribution in [1.29, 1.82) is 0 Å². The lowest BCUT2D eigenvalue weighted by Crippen LogP contribution is -2.44. The average Bonchev–Trinajstić information content (AvgIpc) is 3.20. The fraction of sp³-hybridized carbons (Fsp3) is 0.524. The minimum Gasteiger partial charge on any atom is -0.497 e. The number of nitrogens with zero attached hydrogens (tertiary/aromatic N) is 4. The first kappa shape index (κ1) is 17.7. The molecule has 0 radical (unpaired) electrons. The fourth-order valence-corrected chi connectivity index (χ4v) is 4.88. The van der Waals surface area contributed by atoms with Gasteiger partial charge in [-0.3, -0.25) is 0 Å². The van der Waals surface area contributed by atoms with Crippen molar-refractivity contribution >= 4 is 6.03 Å². The summed E-state index contributed by atoms with van der Waals surface area (Å²) < 4.78 is 21.4. The zero-order chi connectivity index (χ0) is 19.3. The van der Waals surface area contributed by atoms with Gasteiger partial charge in [0, 0.05) is 43.3 Å². The van der Waals surface area contributed by atoms with Crippen LogP contribution in [0.15, 0.2) is 18.2 Å². The Morgan fingerprint density at radius 1 is 1.18 bits per heavy atom. The van der Waals surface area contributed by atoms with Crippen molar-refractivity contribution < 1.29 is 13.9 Å². The minimum absolute atomic E-state index is 0.0542. The molecule has 4 heterocycles. The third-order valence-corrected chi connectivity index (χ3v) is 6.44. The van der Waals surface area contributed by atoms with E-state index in [-0.39, 0.29) is 17.9 Å². The van der Waals surface area contributed by atoms with Crippen molar-refractivity contribution in [2.24, 2.45) is 0 Å². The van der Waals surface area contributed by atoms with Crippen LogP contribution in [0.4, 0.5) is 9.18 Å². The topological polar surface area (TPSA) is 50.6 Å². The van der Waals surface area contributed by atoms with Crippen LogP contribution in [-0.4, -0.2) is 64.9 Å². The predicted octanol–water partition coefficient (Wildman–Crippen LogP) is 2.93. The summed E-state index contributed by atoms with van der Waals surface area (Å²) in [6.07, 6.45) is 4.64. The van der Waals surface area contributed by atoms with Gasteiger partial charge in [-0.05, 0) is 50.3 Å². The fourth-order valence-electron chi connectivity index (χ4n) is 4.88. The summed E-state index contributed by atoms with van der Waals surface area (Å²) in [5, 5.41) is 4.64. The Hall–Kier alpha value is -2.41. The van der Waals surface area contributed by atoms with Crippen molar-refractivity contribution in [3.05, 3.63) is 35.3 Å². The number of amides is 1. The molecule has 2 aromatic rings. The Kier molecular flexibility index (Phi) is 4.34. The van der Waals surface area contributed by atoms with Crippen LogP contribution < -0.4 is 4.74 Å². The van der Waals surface area contributed by atoms with Gasteiger partial charge in [0.05, 0.1) is 18.5 Å². The molecular formula is C21H25FN4O2. The SMILES string of the molecule is COc1ccc(F)c(-c2nn(C(=O)N3CCN4CCC3CC4)c3c2CCC3)c1. The summed E-state index contributed by atoms with van der Waals surface area (Å²) in [6, 6.07) is 4.90. The van der Waals surface area contributed by atoms with Crippen molar-refractivity contribution in [2.45, 2.75) is 38.1 Å². The number of fused-ring (bicyclic) bond motifs is 5. The molecule has 0 saturated carbocycles. The molecule has 0 unspecified atom stereocenters. The smallest absolute Gasteiger partial charge is 0.345 e. The average molecular weight is 384 g/mol. The van der Waals surface area contributed by atoms with E-state index in [0.717, 1.165) is 69.5 Å². The van der Waals surface area contributed by atoms with Gasteiger partial charge in [-0.15, -0.1) is 0 Å². The van der Waals surface area contributed by atoms with Gasteiger partial charge in [-0.25, -0.2) is 9.18 Å². The van der Waals surface area contributed by atoms with Gasteiger partial charge < -0.3 is 14.5 Å². The number of hydrogen-bond donors (Lipinski definition) is 0.